The first-order valence-electron chi connectivity index (χ1n) is 8.74. The van der Waals surface area contributed by atoms with Crippen LogP contribution in [0.4, 0.5) is 0 Å². The molecular formula is C18H27N3O5. The van der Waals surface area contributed by atoms with Crippen molar-refractivity contribution in [3.8, 4) is 0 Å². The quantitative estimate of drug-likeness (QED) is 0.579. The molecule has 2 amide bonds. The van der Waals surface area contributed by atoms with E-state index in [-0.39, 0.29) is 17.7 Å². The van der Waals surface area contributed by atoms with Crippen molar-refractivity contribution >= 4 is 17.8 Å². The molecule has 8 heteroatoms. The molecule has 26 heavy (non-hydrogen) atoms. The number of ether oxygens (including phenoxy) is 2. The summed E-state index contributed by atoms with van der Waals surface area (Å²) in [6, 6.07) is 0. The van der Waals surface area contributed by atoms with E-state index in [4.69, 9.17) is 9.47 Å². The maximum atomic E-state index is 12.9. The van der Waals surface area contributed by atoms with E-state index in [0.717, 1.165) is 12.8 Å². The number of nitrogens with zero attached hydrogens (tertiary/aromatic N) is 1. The van der Waals surface area contributed by atoms with Crippen molar-refractivity contribution in [1.29, 1.82) is 0 Å². The van der Waals surface area contributed by atoms with Crippen molar-refractivity contribution in [2.75, 3.05) is 40.5 Å². The first kappa shape index (κ1) is 20.0. The van der Waals surface area contributed by atoms with Gasteiger partial charge in [0.05, 0.1) is 25.2 Å². The Balaban J connectivity index is 2.10. The van der Waals surface area contributed by atoms with Crippen LogP contribution in [0, 0.1) is 19.8 Å². The van der Waals surface area contributed by atoms with Gasteiger partial charge in [0.1, 0.15) is 5.69 Å². The van der Waals surface area contributed by atoms with Crippen LogP contribution >= 0.6 is 0 Å². The van der Waals surface area contributed by atoms with Gasteiger partial charge in [-0.15, -0.1) is 0 Å². The summed E-state index contributed by atoms with van der Waals surface area (Å²) >= 11 is 0. The van der Waals surface area contributed by atoms with Crippen molar-refractivity contribution in [2.24, 2.45) is 5.92 Å². The van der Waals surface area contributed by atoms with Crippen LogP contribution in [0.5, 0.6) is 0 Å². The smallest absolute Gasteiger partial charge is 0.339 e. The van der Waals surface area contributed by atoms with Gasteiger partial charge in [-0.25, -0.2) is 4.79 Å². The van der Waals surface area contributed by atoms with Gasteiger partial charge in [0.2, 0.25) is 5.91 Å². The van der Waals surface area contributed by atoms with Crippen LogP contribution in [0.25, 0.3) is 0 Å². The molecule has 1 aliphatic heterocycles. The average Bonchev–Trinajstić information content (AvgIpc) is 2.95. The molecule has 0 spiro atoms. The molecule has 8 nitrogen and oxygen atoms in total. The number of methoxy groups -OCH3 is 2. The van der Waals surface area contributed by atoms with E-state index in [1.165, 1.54) is 7.11 Å². The second-order valence-electron chi connectivity index (χ2n) is 6.49. The first-order valence-corrected chi connectivity index (χ1v) is 8.74. The van der Waals surface area contributed by atoms with Crippen molar-refractivity contribution in [3.05, 3.63) is 22.5 Å². The number of aromatic nitrogens is 1. The van der Waals surface area contributed by atoms with E-state index in [2.05, 4.69) is 10.3 Å². The van der Waals surface area contributed by atoms with Gasteiger partial charge in [-0.1, -0.05) is 0 Å². The van der Waals surface area contributed by atoms with Gasteiger partial charge in [0, 0.05) is 32.4 Å². The summed E-state index contributed by atoms with van der Waals surface area (Å²) in [6.07, 6.45) is 1.51. The molecule has 2 rings (SSSR count). The zero-order chi connectivity index (χ0) is 19.3. The third-order valence-electron chi connectivity index (χ3n) is 4.73. The summed E-state index contributed by atoms with van der Waals surface area (Å²) in [7, 11) is 2.89. The van der Waals surface area contributed by atoms with Gasteiger partial charge >= 0.3 is 5.97 Å². The lowest BCUT2D eigenvalue weighted by Gasteiger charge is -2.32. The molecule has 1 aromatic rings. The topological polar surface area (TPSA) is 101 Å². The second kappa shape index (κ2) is 8.84. The van der Waals surface area contributed by atoms with Gasteiger partial charge in [0.25, 0.3) is 5.91 Å². The third kappa shape index (κ3) is 4.24. The summed E-state index contributed by atoms with van der Waals surface area (Å²) in [5.74, 6) is -0.963. The number of rotatable bonds is 6. The molecule has 0 radical (unpaired) electrons. The normalized spacial score (nSPS) is 17.1. The monoisotopic (exact) mass is 365 g/mol. The Bertz CT molecular complexity index is 683. The highest BCUT2D eigenvalue weighted by Crippen LogP contribution is 2.23. The molecule has 2 N–H and O–H groups in total. The molecule has 1 aliphatic rings. The summed E-state index contributed by atoms with van der Waals surface area (Å²) < 4.78 is 9.72. The molecule has 1 aromatic heterocycles. The Kier molecular flexibility index (Phi) is 6.79. The van der Waals surface area contributed by atoms with Gasteiger partial charge in [0.15, 0.2) is 0 Å². The summed E-state index contributed by atoms with van der Waals surface area (Å²) in [5.41, 5.74) is 1.94. The second-order valence-corrected chi connectivity index (χ2v) is 6.49. The lowest BCUT2D eigenvalue weighted by molar-refractivity contribution is -0.126. The van der Waals surface area contributed by atoms with E-state index in [1.54, 1.807) is 25.9 Å². The maximum Gasteiger partial charge on any atom is 0.339 e. The molecule has 0 unspecified atom stereocenters. The number of carbonyl (C=O) groups is 3. The van der Waals surface area contributed by atoms with Crippen LogP contribution < -0.4 is 5.32 Å². The van der Waals surface area contributed by atoms with E-state index in [1.807, 2.05) is 0 Å². The van der Waals surface area contributed by atoms with Crippen LogP contribution in [-0.4, -0.2) is 68.1 Å². The average molecular weight is 365 g/mol. The minimum absolute atomic E-state index is 0.0609. The molecule has 0 saturated carbocycles. The molecular weight excluding hydrogens is 338 g/mol. The number of hydrogen-bond acceptors (Lipinski definition) is 5. The number of likely N-dealkylation sites (tertiary alicyclic amines) is 1. The molecule has 1 atom stereocenters. The lowest BCUT2D eigenvalue weighted by Crippen LogP contribution is -2.46. The number of H-pyrrole nitrogens is 1. The van der Waals surface area contributed by atoms with Crippen molar-refractivity contribution in [1.82, 2.24) is 15.2 Å². The van der Waals surface area contributed by atoms with Gasteiger partial charge in [-0.2, -0.15) is 0 Å². The fourth-order valence-corrected chi connectivity index (χ4v) is 3.33. The molecule has 1 saturated heterocycles. The van der Waals surface area contributed by atoms with Crippen LogP contribution in [0.3, 0.4) is 0 Å². The lowest BCUT2D eigenvalue weighted by atomic mass is 9.96. The number of aryl methyl sites for hydroxylation is 1. The number of amides is 2. The van der Waals surface area contributed by atoms with Crippen LogP contribution in [0.1, 0.15) is 44.9 Å². The first-order chi connectivity index (χ1) is 12.4. The maximum absolute atomic E-state index is 12.9. The Morgan fingerprint density at radius 3 is 2.65 bits per heavy atom. The SMILES string of the molecule is COCCNC(=O)[C@H]1CCCN(C(=O)c2[nH]c(C)c(C(=O)OC)c2C)C1. The Morgan fingerprint density at radius 1 is 1.27 bits per heavy atom. The standard InChI is InChI=1S/C18H27N3O5/c1-11-14(18(24)26-4)12(2)20-15(11)17(23)21-8-5-6-13(10-21)16(22)19-7-9-25-3/h13,20H,5-10H2,1-4H3,(H,19,22)/t13-/m0/s1. The third-order valence-corrected chi connectivity index (χ3v) is 4.73. The molecule has 0 bridgehead atoms. The number of esters is 1. The Morgan fingerprint density at radius 2 is 2.00 bits per heavy atom. The van der Waals surface area contributed by atoms with Gasteiger partial charge < -0.3 is 24.7 Å². The van der Waals surface area contributed by atoms with Crippen molar-refractivity contribution in [2.45, 2.75) is 26.7 Å². The highest BCUT2D eigenvalue weighted by Gasteiger charge is 2.31. The van der Waals surface area contributed by atoms with E-state index in [0.29, 0.717) is 48.8 Å². The number of carbonyl (C=O) groups excluding carboxylic acids is 3. The minimum atomic E-state index is -0.468. The fraction of sp³-hybridized carbons (Fsp3) is 0.611. The van der Waals surface area contributed by atoms with Crippen molar-refractivity contribution < 1.29 is 23.9 Å². The highest BCUT2D eigenvalue weighted by molar-refractivity contribution is 6.00. The van der Waals surface area contributed by atoms with E-state index in [9.17, 15) is 14.4 Å². The summed E-state index contributed by atoms with van der Waals surface area (Å²) in [5, 5.41) is 2.83. The minimum Gasteiger partial charge on any atom is -0.465 e. The fourth-order valence-electron chi connectivity index (χ4n) is 3.33. The Labute approximate surface area is 153 Å². The predicted octanol–water partition coefficient (Wildman–Crippen LogP) is 1.03. The zero-order valence-electron chi connectivity index (χ0n) is 15.8. The number of piperidine rings is 1. The van der Waals surface area contributed by atoms with Crippen LogP contribution in [0.15, 0.2) is 0 Å². The van der Waals surface area contributed by atoms with Gasteiger partial charge in [-0.05, 0) is 32.3 Å². The van der Waals surface area contributed by atoms with Crippen LogP contribution in [0.2, 0.25) is 0 Å². The molecule has 144 valence electrons. The molecule has 0 aromatic carbocycles. The zero-order valence-corrected chi connectivity index (χ0v) is 15.8. The number of nitrogens with one attached hydrogen (secondary N) is 2. The van der Waals surface area contributed by atoms with Crippen LogP contribution in [-0.2, 0) is 14.3 Å². The van der Waals surface area contributed by atoms with Gasteiger partial charge in [-0.3, -0.25) is 9.59 Å². The molecule has 1 fully saturated rings. The predicted molar refractivity (Wildman–Crippen MR) is 95.1 cm³/mol. The highest BCUT2D eigenvalue weighted by atomic mass is 16.5. The summed E-state index contributed by atoms with van der Waals surface area (Å²) in [4.78, 5) is 41.7. The van der Waals surface area contributed by atoms with E-state index < -0.39 is 5.97 Å². The van der Waals surface area contributed by atoms with Crippen molar-refractivity contribution in [3.63, 3.8) is 0 Å². The Hall–Kier alpha value is -2.35. The molecule has 2 heterocycles. The summed E-state index contributed by atoms with van der Waals surface area (Å²) in [6.45, 7) is 5.32. The number of aromatic amines is 1. The largest absolute Gasteiger partial charge is 0.465 e. The molecule has 0 aliphatic carbocycles. The number of hydrogen-bond donors (Lipinski definition) is 2. The van der Waals surface area contributed by atoms with E-state index >= 15 is 0 Å².